The molecule has 0 aromatic heterocycles. The van der Waals surface area contributed by atoms with Gasteiger partial charge in [0, 0.05) is 19.0 Å². The highest BCUT2D eigenvalue weighted by Gasteiger charge is 2.23. The maximum Gasteiger partial charge on any atom is 0.220 e. The molecular weight excluding hydrogens is 200 g/mol. The summed E-state index contributed by atoms with van der Waals surface area (Å²) in [7, 11) is 0. The topological polar surface area (TPSA) is 32.3 Å². The van der Waals surface area contributed by atoms with E-state index in [4.69, 9.17) is 0 Å². The lowest BCUT2D eigenvalue weighted by Crippen LogP contribution is -2.40. The summed E-state index contributed by atoms with van der Waals surface area (Å²) < 4.78 is 0. The first-order chi connectivity index (χ1) is 7.42. The Labute approximate surface area is 99.6 Å². The van der Waals surface area contributed by atoms with E-state index in [0.717, 1.165) is 13.1 Å². The molecule has 0 bridgehead atoms. The van der Waals surface area contributed by atoms with E-state index in [2.05, 4.69) is 37.9 Å². The zero-order chi connectivity index (χ0) is 12.2. The van der Waals surface area contributed by atoms with Crippen molar-refractivity contribution in [2.24, 2.45) is 5.41 Å². The minimum Gasteiger partial charge on any atom is -0.355 e. The van der Waals surface area contributed by atoms with Crippen LogP contribution in [0.25, 0.3) is 0 Å². The molecule has 3 nitrogen and oxygen atoms in total. The standard InChI is InChI=1S/C13H26N2O/c1-5-15-8-6-7-11(15)10-14-12(16)9-13(2,3)4/h11H,5-10H2,1-4H3,(H,14,16). The highest BCUT2D eigenvalue weighted by Crippen LogP contribution is 2.19. The van der Waals surface area contributed by atoms with E-state index in [1.54, 1.807) is 0 Å². The molecule has 1 aliphatic heterocycles. The molecule has 16 heavy (non-hydrogen) atoms. The Hall–Kier alpha value is -0.570. The summed E-state index contributed by atoms with van der Waals surface area (Å²) in [5.41, 5.74) is 0.0875. The van der Waals surface area contributed by atoms with Crippen molar-refractivity contribution in [2.45, 2.75) is 53.0 Å². The average Bonchev–Trinajstić information content (AvgIpc) is 2.59. The molecule has 1 unspecified atom stereocenters. The van der Waals surface area contributed by atoms with Gasteiger partial charge in [0.25, 0.3) is 0 Å². The lowest BCUT2D eigenvalue weighted by molar-refractivity contribution is -0.123. The third-order valence-corrected chi connectivity index (χ3v) is 3.13. The SMILES string of the molecule is CCN1CCCC1CNC(=O)CC(C)(C)C. The van der Waals surface area contributed by atoms with Gasteiger partial charge in [0.1, 0.15) is 0 Å². The van der Waals surface area contributed by atoms with E-state index in [1.165, 1.54) is 19.4 Å². The van der Waals surface area contributed by atoms with Crippen LogP contribution in [0.15, 0.2) is 0 Å². The van der Waals surface area contributed by atoms with Gasteiger partial charge in [-0.25, -0.2) is 0 Å². The Morgan fingerprint density at radius 3 is 2.69 bits per heavy atom. The van der Waals surface area contributed by atoms with Gasteiger partial charge in [-0.05, 0) is 31.3 Å². The van der Waals surface area contributed by atoms with Gasteiger partial charge in [-0.1, -0.05) is 27.7 Å². The molecule has 1 aliphatic rings. The molecule has 1 fully saturated rings. The number of nitrogens with one attached hydrogen (secondary N) is 1. The first-order valence-electron chi connectivity index (χ1n) is 6.43. The Bertz CT molecular complexity index is 233. The molecule has 1 heterocycles. The predicted molar refractivity (Wildman–Crippen MR) is 67.4 cm³/mol. The highest BCUT2D eigenvalue weighted by molar-refractivity contribution is 5.76. The Balaban J connectivity index is 2.26. The van der Waals surface area contributed by atoms with Crippen LogP contribution in [0.1, 0.15) is 47.0 Å². The van der Waals surface area contributed by atoms with Gasteiger partial charge in [-0.2, -0.15) is 0 Å². The van der Waals surface area contributed by atoms with Crippen molar-refractivity contribution >= 4 is 5.91 Å². The molecule has 1 atom stereocenters. The first kappa shape index (κ1) is 13.5. The van der Waals surface area contributed by atoms with E-state index in [0.29, 0.717) is 12.5 Å². The molecule has 94 valence electrons. The van der Waals surface area contributed by atoms with Crippen LogP contribution in [-0.2, 0) is 4.79 Å². The smallest absolute Gasteiger partial charge is 0.220 e. The first-order valence-corrected chi connectivity index (χ1v) is 6.43. The zero-order valence-electron chi connectivity index (χ0n) is 11.2. The van der Waals surface area contributed by atoms with Crippen molar-refractivity contribution < 1.29 is 4.79 Å². The summed E-state index contributed by atoms with van der Waals surface area (Å²) in [6, 6.07) is 0.564. The highest BCUT2D eigenvalue weighted by atomic mass is 16.1. The number of hydrogen-bond donors (Lipinski definition) is 1. The second-order valence-electron chi connectivity index (χ2n) is 5.97. The number of likely N-dealkylation sites (N-methyl/N-ethyl adjacent to an activating group) is 1. The number of amides is 1. The quantitative estimate of drug-likeness (QED) is 0.795. The van der Waals surface area contributed by atoms with Crippen LogP contribution in [0.2, 0.25) is 0 Å². The number of rotatable bonds is 4. The molecule has 0 aromatic rings. The van der Waals surface area contributed by atoms with Gasteiger partial charge < -0.3 is 5.32 Å². The van der Waals surface area contributed by atoms with Crippen LogP contribution in [-0.4, -0.2) is 36.5 Å². The molecule has 1 saturated heterocycles. The molecular formula is C13H26N2O. The van der Waals surface area contributed by atoms with Crippen LogP contribution < -0.4 is 5.32 Å². The molecule has 1 rings (SSSR count). The maximum atomic E-state index is 11.7. The minimum atomic E-state index is 0.0875. The number of hydrogen-bond acceptors (Lipinski definition) is 2. The lowest BCUT2D eigenvalue weighted by Gasteiger charge is -2.24. The predicted octanol–water partition coefficient (Wildman–Crippen LogP) is 2.02. The lowest BCUT2D eigenvalue weighted by atomic mass is 9.92. The van der Waals surface area contributed by atoms with E-state index < -0.39 is 0 Å². The monoisotopic (exact) mass is 226 g/mol. The van der Waals surface area contributed by atoms with Crippen LogP contribution in [0.5, 0.6) is 0 Å². The fourth-order valence-electron chi connectivity index (χ4n) is 2.32. The fraction of sp³-hybridized carbons (Fsp3) is 0.923. The van der Waals surface area contributed by atoms with Gasteiger partial charge in [0.05, 0.1) is 0 Å². The van der Waals surface area contributed by atoms with Crippen molar-refractivity contribution in [2.75, 3.05) is 19.6 Å². The summed E-state index contributed by atoms with van der Waals surface area (Å²) in [6.07, 6.45) is 3.11. The van der Waals surface area contributed by atoms with Crippen LogP contribution in [0.4, 0.5) is 0 Å². The van der Waals surface area contributed by atoms with E-state index in [9.17, 15) is 4.79 Å². The third-order valence-electron chi connectivity index (χ3n) is 3.13. The summed E-state index contributed by atoms with van der Waals surface area (Å²) >= 11 is 0. The van der Waals surface area contributed by atoms with Gasteiger partial charge in [0.2, 0.25) is 5.91 Å². The number of carbonyl (C=O) groups excluding carboxylic acids is 1. The second-order valence-corrected chi connectivity index (χ2v) is 5.97. The van der Waals surface area contributed by atoms with E-state index >= 15 is 0 Å². The van der Waals surface area contributed by atoms with Crippen molar-refractivity contribution in [3.63, 3.8) is 0 Å². The molecule has 1 N–H and O–H groups in total. The average molecular weight is 226 g/mol. The van der Waals surface area contributed by atoms with Gasteiger partial charge >= 0.3 is 0 Å². The molecule has 3 heteroatoms. The zero-order valence-corrected chi connectivity index (χ0v) is 11.2. The Morgan fingerprint density at radius 2 is 2.12 bits per heavy atom. The van der Waals surface area contributed by atoms with E-state index in [1.807, 2.05) is 0 Å². The second kappa shape index (κ2) is 5.67. The van der Waals surface area contributed by atoms with Crippen molar-refractivity contribution in [1.29, 1.82) is 0 Å². The van der Waals surface area contributed by atoms with Crippen molar-refractivity contribution in [1.82, 2.24) is 10.2 Å². The number of nitrogens with zero attached hydrogens (tertiary/aromatic N) is 1. The number of carbonyl (C=O) groups is 1. The summed E-state index contributed by atoms with van der Waals surface area (Å²) in [4.78, 5) is 14.1. The van der Waals surface area contributed by atoms with Crippen LogP contribution >= 0.6 is 0 Å². The van der Waals surface area contributed by atoms with Gasteiger partial charge in [-0.15, -0.1) is 0 Å². The third kappa shape index (κ3) is 4.52. The van der Waals surface area contributed by atoms with Crippen molar-refractivity contribution in [3.05, 3.63) is 0 Å². The van der Waals surface area contributed by atoms with E-state index in [-0.39, 0.29) is 11.3 Å². The van der Waals surface area contributed by atoms with Crippen LogP contribution in [0.3, 0.4) is 0 Å². The van der Waals surface area contributed by atoms with Gasteiger partial charge in [0.15, 0.2) is 0 Å². The molecule has 0 radical (unpaired) electrons. The van der Waals surface area contributed by atoms with Gasteiger partial charge in [-0.3, -0.25) is 9.69 Å². The molecule has 1 amide bonds. The molecule has 0 spiro atoms. The van der Waals surface area contributed by atoms with Crippen LogP contribution in [0, 0.1) is 5.41 Å². The normalized spacial score (nSPS) is 22.4. The fourth-order valence-corrected chi connectivity index (χ4v) is 2.32. The minimum absolute atomic E-state index is 0.0875. The molecule has 0 aromatic carbocycles. The summed E-state index contributed by atoms with van der Waals surface area (Å²) in [6.45, 7) is 11.6. The van der Waals surface area contributed by atoms with Crippen molar-refractivity contribution in [3.8, 4) is 0 Å². The number of likely N-dealkylation sites (tertiary alicyclic amines) is 1. The Morgan fingerprint density at radius 1 is 1.44 bits per heavy atom. The maximum absolute atomic E-state index is 11.7. The summed E-state index contributed by atoms with van der Waals surface area (Å²) in [5, 5.41) is 3.06. The molecule has 0 saturated carbocycles. The Kier molecular flexibility index (Phi) is 4.78. The largest absolute Gasteiger partial charge is 0.355 e. The summed E-state index contributed by atoms with van der Waals surface area (Å²) in [5.74, 6) is 0.190. The molecule has 0 aliphatic carbocycles.